The molecule has 0 bridgehead atoms. The fourth-order valence-electron chi connectivity index (χ4n) is 3.48. The molecule has 3 aromatic rings. The van der Waals surface area contributed by atoms with Gasteiger partial charge in [-0.1, -0.05) is 22.9 Å². The number of aromatic nitrogens is 5. The second kappa shape index (κ2) is 7.71. The number of benzene rings is 1. The third-order valence-corrected chi connectivity index (χ3v) is 5.24. The topological polar surface area (TPSA) is 79.7 Å². The van der Waals surface area contributed by atoms with E-state index in [1.807, 2.05) is 4.90 Å². The number of H-pyrrole nitrogens is 1. The summed E-state index contributed by atoms with van der Waals surface area (Å²) in [7, 11) is 0. The summed E-state index contributed by atoms with van der Waals surface area (Å²) in [5.41, 5.74) is 1.54. The van der Waals surface area contributed by atoms with Gasteiger partial charge in [-0.25, -0.2) is 14.2 Å². The Balaban J connectivity index is 1.59. The van der Waals surface area contributed by atoms with Crippen molar-refractivity contribution in [3.05, 3.63) is 68.1 Å². The quantitative estimate of drug-likeness (QED) is 0.628. The number of fused-ring (bicyclic) bond motifs is 1. The molecule has 0 spiro atoms. The van der Waals surface area contributed by atoms with E-state index < -0.39 is 24.0 Å². The molecular formula is C18H15ClF4N6O. The molecule has 2 aromatic heterocycles. The van der Waals surface area contributed by atoms with E-state index in [0.717, 1.165) is 17.8 Å². The molecule has 0 unspecified atom stereocenters. The normalized spacial score (nSPS) is 14.1. The molecule has 158 valence electrons. The van der Waals surface area contributed by atoms with Crippen molar-refractivity contribution >= 4 is 17.3 Å². The van der Waals surface area contributed by atoms with E-state index in [-0.39, 0.29) is 17.1 Å². The molecule has 0 saturated heterocycles. The summed E-state index contributed by atoms with van der Waals surface area (Å²) in [4.78, 5) is 13.5. The van der Waals surface area contributed by atoms with E-state index in [9.17, 15) is 22.4 Å². The molecule has 0 amide bonds. The number of nitrogens with one attached hydrogen (secondary N) is 1. The highest BCUT2D eigenvalue weighted by molar-refractivity contribution is 6.32. The highest BCUT2D eigenvalue weighted by Crippen LogP contribution is 2.28. The average molecular weight is 443 g/mol. The number of nitrogens with zero attached hydrogens (tertiary/aromatic N) is 5. The van der Waals surface area contributed by atoms with Crippen LogP contribution in [0.25, 0.3) is 0 Å². The molecule has 1 aliphatic heterocycles. The van der Waals surface area contributed by atoms with Crippen molar-refractivity contribution < 1.29 is 17.6 Å². The minimum absolute atomic E-state index is 0.0175. The van der Waals surface area contributed by atoms with Crippen LogP contribution in [0, 0.1) is 5.82 Å². The van der Waals surface area contributed by atoms with Crippen molar-refractivity contribution in [2.75, 3.05) is 11.4 Å². The van der Waals surface area contributed by atoms with Gasteiger partial charge < -0.3 is 4.90 Å². The molecule has 0 fully saturated rings. The van der Waals surface area contributed by atoms with Crippen LogP contribution in [-0.4, -0.2) is 37.9 Å². The van der Waals surface area contributed by atoms with Crippen molar-refractivity contribution in [1.29, 1.82) is 0 Å². The predicted molar refractivity (Wildman–Crippen MR) is 99.9 cm³/mol. The van der Waals surface area contributed by atoms with Crippen LogP contribution in [0.3, 0.4) is 0 Å². The van der Waals surface area contributed by atoms with Crippen LogP contribution >= 0.6 is 11.6 Å². The molecule has 0 aliphatic carbocycles. The van der Waals surface area contributed by atoms with E-state index in [4.69, 9.17) is 11.6 Å². The zero-order valence-electron chi connectivity index (χ0n) is 15.4. The monoisotopic (exact) mass is 442 g/mol. The highest BCUT2D eigenvalue weighted by atomic mass is 35.5. The van der Waals surface area contributed by atoms with Gasteiger partial charge in [-0.3, -0.25) is 4.79 Å². The minimum atomic E-state index is -4.45. The fourth-order valence-corrected chi connectivity index (χ4v) is 3.69. The Labute approximate surface area is 172 Å². The molecule has 0 saturated carbocycles. The summed E-state index contributed by atoms with van der Waals surface area (Å²) in [6, 6.07) is 3.36. The molecule has 1 aromatic carbocycles. The SMILES string of the molecule is O=c1[nH]ncc(N2CCc3c(nnn3Cc3ccc(F)cc3CC(F)(F)F)C2)c1Cl. The van der Waals surface area contributed by atoms with Gasteiger partial charge in [0.05, 0.1) is 37.1 Å². The largest absolute Gasteiger partial charge is 0.393 e. The molecule has 3 heterocycles. The van der Waals surface area contributed by atoms with Crippen LogP contribution in [0.4, 0.5) is 23.2 Å². The van der Waals surface area contributed by atoms with Crippen LogP contribution in [0.15, 0.2) is 29.2 Å². The lowest BCUT2D eigenvalue weighted by atomic mass is 10.0. The van der Waals surface area contributed by atoms with Gasteiger partial charge >= 0.3 is 6.18 Å². The first-order valence-corrected chi connectivity index (χ1v) is 9.32. The number of hydrogen-bond acceptors (Lipinski definition) is 5. The molecule has 0 atom stereocenters. The molecule has 12 heteroatoms. The van der Waals surface area contributed by atoms with Crippen LogP contribution in [-0.2, 0) is 25.9 Å². The minimum Gasteiger partial charge on any atom is -0.362 e. The van der Waals surface area contributed by atoms with Crippen LogP contribution in [0.2, 0.25) is 5.02 Å². The average Bonchev–Trinajstić information content (AvgIpc) is 3.07. The summed E-state index contributed by atoms with van der Waals surface area (Å²) in [6.45, 7) is 0.852. The third-order valence-electron chi connectivity index (χ3n) is 4.87. The first-order valence-electron chi connectivity index (χ1n) is 8.94. The summed E-state index contributed by atoms with van der Waals surface area (Å²) in [6.07, 6.45) is -3.74. The lowest BCUT2D eigenvalue weighted by molar-refractivity contribution is -0.127. The Bertz CT molecular complexity index is 1140. The molecule has 4 rings (SSSR count). The highest BCUT2D eigenvalue weighted by Gasteiger charge is 2.30. The van der Waals surface area contributed by atoms with Crippen molar-refractivity contribution in [1.82, 2.24) is 25.2 Å². The first-order chi connectivity index (χ1) is 14.2. The van der Waals surface area contributed by atoms with Gasteiger partial charge in [0, 0.05) is 13.0 Å². The summed E-state index contributed by atoms with van der Waals surface area (Å²) in [5.74, 6) is -0.724. The van der Waals surface area contributed by atoms with Gasteiger partial charge in [0.2, 0.25) is 0 Å². The third kappa shape index (κ3) is 4.16. The van der Waals surface area contributed by atoms with E-state index in [2.05, 4.69) is 20.5 Å². The molecular weight excluding hydrogens is 428 g/mol. The van der Waals surface area contributed by atoms with E-state index in [1.54, 1.807) is 0 Å². The summed E-state index contributed by atoms with van der Waals surface area (Å²) < 4.78 is 53.6. The predicted octanol–water partition coefficient (Wildman–Crippen LogP) is 2.87. The smallest absolute Gasteiger partial charge is 0.362 e. The molecule has 0 radical (unpaired) electrons. The van der Waals surface area contributed by atoms with Gasteiger partial charge in [-0.2, -0.15) is 18.3 Å². The Kier molecular flexibility index (Phi) is 5.22. The zero-order chi connectivity index (χ0) is 21.5. The Morgan fingerprint density at radius 1 is 1.23 bits per heavy atom. The van der Waals surface area contributed by atoms with E-state index >= 15 is 0 Å². The number of anilines is 1. The molecule has 1 aliphatic rings. The van der Waals surface area contributed by atoms with Crippen LogP contribution in [0.5, 0.6) is 0 Å². The van der Waals surface area contributed by atoms with Gasteiger partial charge in [-0.15, -0.1) is 5.10 Å². The Morgan fingerprint density at radius 2 is 2.03 bits per heavy atom. The van der Waals surface area contributed by atoms with Gasteiger partial charge in [0.1, 0.15) is 16.5 Å². The van der Waals surface area contributed by atoms with Crippen molar-refractivity contribution in [2.45, 2.75) is 32.1 Å². The Morgan fingerprint density at radius 3 is 2.80 bits per heavy atom. The van der Waals surface area contributed by atoms with Gasteiger partial charge in [-0.05, 0) is 23.3 Å². The van der Waals surface area contributed by atoms with Gasteiger partial charge in [0.15, 0.2) is 0 Å². The second-order valence-corrected chi connectivity index (χ2v) is 7.29. The number of hydrogen-bond donors (Lipinski definition) is 1. The van der Waals surface area contributed by atoms with Gasteiger partial charge in [0.25, 0.3) is 5.56 Å². The Hall–Kier alpha value is -2.95. The van der Waals surface area contributed by atoms with Crippen molar-refractivity contribution in [3.63, 3.8) is 0 Å². The maximum Gasteiger partial charge on any atom is 0.393 e. The lowest BCUT2D eigenvalue weighted by Crippen LogP contribution is -2.32. The van der Waals surface area contributed by atoms with E-state index in [0.29, 0.717) is 36.5 Å². The van der Waals surface area contributed by atoms with Crippen LogP contribution < -0.4 is 10.5 Å². The number of alkyl halides is 3. The maximum atomic E-state index is 13.5. The molecule has 1 N–H and O–H groups in total. The van der Waals surface area contributed by atoms with Crippen molar-refractivity contribution in [3.8, 4) is 0 Å². The first kappa shape index (κ1) is 20.3. The number of rotatable bonds is 4. The molecule has 7 nitrogen and oxygen atoms in total. The van der Waals surface area contributed by atoms with Crippen LogP contribution in [0.1, 0.15) is 22.5 Å². The lowest BCUT2D eigenvalue weighted by Gasteiger charge is -2.28. The number of halogens is 5. The standard InChI is InChI=1S/C18H15ClF4N6O/c19-16-15(7-24-26-17(16)30)28-4-3-14-13(9-28)25-27-29(14)8-10-1-2-12(20)5-11(10)6-18(21,22)23/h1-2,5,7H,3-4,6,8-9H2,(H,26,30). The summed E-state index contributed by atoms with van der Waals surface area (Å²) in [5, 5.41) is 14.2. The fraction of sp³-hybridized carbons (Fsp3) is 0.333. The molecule has 30 heavy (non-hydrogen) atoms. The zero-order valence-corrected chi connectivity index (χ0v) is 16.1. The number of aromatic amines is 1. The van der Waals surface area contributed by atoms with E-state index in [1.165, 1.54) is 16.9 Å². The van der Waals surface area contributed by atoms with Crippen molar-refractivity contribution in [2.24, 2.45) is 0 Å². The maximum absolute atomic E-state index is 13.5. The summed E-state index contributed by atoms with van der Waals surface area (Å²) >= 11 is 6.06. The second-order valence-electron chi connectivity index (χ2n) is 6.92.